The molecule has 3 rings (SSSR count). The largest absolute Gasteiger partial charge is 0.416 e. The third-order valence-electron chi connectivity index (χ3n) is 4.07. The molecule has 11 heteroatoms. The quantitative estimate of drug-likeness (QED) is 0.590. The Hall–Kier alpha value is -2.76. The van der Waals surface area contributed by atoms with Gasteiger partial charge in [-0.05, 0) is 43.4 Å². The Morgan fingerprint density at radius 3 is 2.27 bits per heavy atom. The van der Waals surface area contributed by atoms with Crippen molar-refractivity contribution in [1.82, 2.24) is 9.71 Å². The number of carbonyl (C=O) groups is 1. The maximum Gasteiger partial charge on any atom is 0.416 e. The van der Waals surface area contributed by atoms with E-state index in [1.165, 1.54) is 54.8 Å². The zero-order valence-corrected chi connectivity index (χ0v) is 17.2. The molecule has 0 fully saturated rings. The van der Waals surface area contributed by atoms with Gasteiger partial charge in [0.25, 0.3) is 0 Å². The molecule has 1 heterocycles. The van der Waals surface area contributed by atoms with E-state index in [1.54, 1.807) is 5.38 Å². The van der Waals surface area contributed by atoms with Crippen molar-refractivity contribution in [3.63, 3.8) is 0 Å². The van der Waals surface area contributed by atoms with Crippen molar-refractivity contribution in [2.75, 3.05) is 12.4 Å². The lowest BCUT2D eigenvalue weighted by Gasteiger charge is -2.06. The molecule has 2 aromatic carbocycles. The zero-order valence-electron chi connectivity index (χ0n) is 15.5. The van der Waals surface area contributed by atoms with E-state index in [4.69, 9.17) is 0 Å². The first-order valence-electron chi connectivity index (χ1n) is 8.54. The number of anilines is 1. The van der Waals surface area contributed by atoms with Gasteiger partial charge in [0.1, 0.15) is 5.01 Å². The molecule has 3 aromatic rings. The van der Waals surface area contributed by atoms with Crippen molar-refractivity contribution in [3.8, 4) is 10.6 Å². The van der Waals surface area contributed by atoms with Gasteiger partial charge in [0, 0.05) is 16.6 Å². The summed E-state index contributed by atoms with van der Waals surface area (Å²) in [5.41, 5.74) is 0.687. The Morgan fingerprint density at radius 2 is 1.70 bits per heavy atom. The molecule has 0 aliphatic rings. The van der Waals surface area contributed by atoms with Crippen LogP contribution in [-0.2, 0) is 27.4 Å². The first-order valence-corrected chi connectivity index (χ1v) is 10.9. The van der Waals surface area contributed by atoms with Crippen LogP contribution < -0.4 is 10.0 Å². The molecule has 2 N–H and O–H groups in total. The molecular weight excluding hydrogens is 439 g/mol. The first-order chi connectivity index (χ1) is 14.1. The maximum atomic E-state index is 12.7. The highest BCUT2D eigenvalue weighted by atomic mass is 32.2. The summed E-state index contributed by atoms with van der Waals surface area (Å²) in [6.07, 6.45) is -4.44. The van der Waals surface area contributed by atoms with Crippen LogP contribution >= 0.6 is 11.3 Å². The van der Waals surface area contributed by atoms with Crippen molar-refractivity contribution in [3.05, 3.63) is 65.2 Å². The van der Waals surface area contributed by atoms with E-state index in [2.05, 4.69) is 15.0 Å². The number of thiazole rings is 1. The van der Waals surface area contributed by atoms with Gasteiger partial charge in [-0.2, -0.15) is 13.2 Å². The molecule has 0 unspecified atom stereocenters. The van der Waals surface area contributed by atoms with Crippen LogP contribution in [0.2, 0.25) is 0 Å². The maximum absolute atomic E-state index is 12.7. The molecular formula is C19H16F3N3O3S2. The van der Waals surface area contributed by atoms with Crippen molar-refractivity contribution in [1.29, 1.82) is 0 Å². The lowest BCUT2D eigenvalue weighted by atomic mass is 10.1. The average Bonchev–Trinajstić information content (AvgIpc) is 3.16. The number of aromatic nitrogens is 1. The second-order valence-corrected chi connectivity index (χ2v) is 8.92. The van der Waals surface area contributed by atoms with Gasteiger partial charge in [0.2, 0.25) is 15.9 Å². The van der Waals surface area contributed by atoms with Gasteiger partial charge < -0.3 is 5.32 Å². The molecule has 0 saturated heterocycles. The number of benzene rings is 2. The average molecular weight is 455 g/mol. The highest BCUT2D eigenvalue weighted by Gasteiger charge is 2.30. The van der Waals surface area contributed by atoms with Crippen LogP contribution in [0.25, 0.3) is 10.6 Å². The summed E-state index contributed by atoms with van der Waals surface area (Å²) in [6, 6.07) is 10.3. The highest BCUT2D eigenvalue weighted by Crippen LogP contribution is 2.31. The molecule has 6 nitrogen and oxygen atoms in total. The van der Waals surface area contributed by atoms with Crippen LogP contribution in [0.3, 0.4) is 0 Å². The summed E-state index contributed by atoms with van der Waals surface area (Å²) in [5, 5.41) is 4.82. The van der Waals surface area contributed by atoms with Gasteiger partial charge in [-0.3, -0.25) is 4.79 Å². The van der Waals surface area contributed by atoms with Crippen LogP contribution in [0.5, 0.6) is 0 Å². The Bertz CT molecular complexity index is 1140. The SMILES string of the molecule is CNS(=O)(=O)c1ccc(NC(=O)Cc2csc(-c3ccc(C(F)(F)F)cc3)n2)cc1. The standard InChI is InChI=1S/C19H16F3N3O3S2/c1-23-30(27,28)16-8-6-14(7-9-16)24-17(26)10-15-11-29-18(25-15)12-2-4-13(5-3-12)19(20,21)22/h2-9,11,23H,10H2,1H3,(H,24,26). The van der Waals surface area contributed by atoms with Gasteiger partial charge in [-0.25, -0.2) is 18.1 Å². The predicted molar refractivity (Wildman–Crippen MR) is 108 cm³/mol. The molecule has 0 spiro atoms. The number of carbonyl (C=O) groups excluding carboxylic acids is 1. The normalized spacial score (nSPS) is 12.0. The Labute approximate surface area is 174 Å². The van der Waals surface area contributed by atoms with Crippen molar-refractivity contribution < 1.29 is 26.4 Å². The summed E-state index contributed by atoms with van der Waals surface area (Å²) < 4.78 is 63.6. The number of amides is 1. The number of sulfonamides is 1. The molecule has 0 aliphatic carbocycles. The number of nitrogens with one attached hydrogen (secondary N) is 2. The van der Waals surface area contributed by atoms with Gasteiger partial charge in [0.05, 0.1) is 22.6 Å². The summed E-state index contributed by atoms with van der Waals surface area (Å²) in [6.45, 7) is 0. The second kappa shape index (κ2) is 8.54. The molecule has 158 valence electrons. The Kier molecular flexibility index (Phi) is 6.25. The lowest BCUT2D eigenvalue weighted by Crippen LogP contribution is -2.18. The monoisotopic (exact) mass is 455 g/mol. The fourth-order valence-electron chi connectivity index (χ4n) is 2.53. The second-order valence-electron chi connectivity index (χ2n) is 6.18. The van der Waals surface area contributed by atoms with Crippen LogP contribution in [0.1, 0.15) is 11.3 Å². The summed E-state index contributed by atoms with van der Waals surface area (Å²) in [5.74, 6) is -0.358. The van der Waals surface area contributed by atoms with Gasteiger partial charge >= 0.3 is 6.18 Å². The fourth-order valence-corrected chi connectivity index (χ4v) is 4.08. The van der Waals surface area contributed by atoms with E-state index in [0.717, 1.165) is 12.1 Å². The van der Waals surface area contributed by atoms with E-state index in [9.17, 15) is 26.4 Å². The number of hydrogen-bond acceptors (Lipinski definition) is 5. The topological polar surface area (TPSA) is 88.2 Å². The van der Waals surface area contributed by atoms with E-state index in [0.29, 0.717) is 22.0 Å². The smallest absolute Gasteiger partial charge is 0.326 e. The van der Waals surface area contributed by atoms with E-state index >= 15 is 0 Å². The molecule has 1 aromatic heterocycles. The molecule has 0 atom stereocenters. The number of hydrogen-bond donors (Lipinski definition) is 2. The molecule has 0 saturated carbocycles. The van der Waals surface area contributed by atoms with Gasteiger partial charge in [0.15, 0.2) is 0 Å². The Balaban J connectivity index is 1.64. The minimum atomic E-state index is -4.40. The number of halogens is 3. The van der Waals surface area contributed by atoms with Crippen molar-refractivity contribution in [2.24, 2.45) is 0 Å². The fraction of sp³-hybridized carbons (Fsp3) is 0.158. The molecule has 0 bridgehead atoms. The van der Waals surface area contributed by atoms with Crippen LogP contribution in [0.4, 0.5) is 18.9 Å². The van der Waals surface area contributed by atoms with Crippen LogP contribution in [0, 0.1) is 0 Å². The summed E-state index contributed by atoms with van der Waals surface area (Å²) in [7, 11) is -2.26. The van der Waals surface area contributed by atoms with Crippen molar-refractivity contribution >= 4 is 33.0 Å². The summed E-state index contributed by atoms with van der Waals surface area (Å²) in [4.78, 5) is 16.6. The third kappa shape index (κ3) is 5.23. The predicted octanol–water partition coefficient (Wildman–Crippen LogP) is 3.92. The molecule has 0 radical (unpaired) electrons. The molecule has 30 heavy (non-hydrogen) atoms. The van der Waals surface area contributed by atoms with Crippen LogP contribution in [-0.4, -0.2) is 26.4 Å². The zero-order chi connectivity index (χ0) is 21.9. The van der Waals surface area contributed by atoms with E-state index in [-0.39, 0.29) is 17.2 Å². The van der Waals surface area contributed by atoms with E-state index < -0.39 is 21.8 Å². The highest BCUT2D eigenvalue weighted by molar-refractivity contribution is 7.89. The first kappa shape index (κ1) is 21.9. The minimum absolute atomic E-state index is 0.0340. The minimum Gasteiger partial charge on any atom is -0.326 e. The Morgan fingerprint density at radius 1 is 1.07 bits per heavy atom. The lowest BCUT2D eigenvalue weighted by molar-refractivity contribution is -0.137. The number of nitrogens with zero attached hydrogens (tertiary/aromatic N) is 1. The van der Waals surface area contributed by atoms with E-state index in [1.807, 2.05) is 0 Å². The van der Waals surface area contributed by atoms with Gasteiger partial charge in [-0.1, -0.05) is 12.1 Å². The van der Waals surface area contributed by atoms with Gasteiger partial charge in [-0.15, -0.1) is 11.3 Å². The molecule has 1 amide bonds. The summed E-state index contributed by atoms with van der Waals surface area (Å²) >= 11 is 1.23. The molecule has 0 aliphatic heterocycles. The van der Waals surface area contributed by atoms with Crippen molar-refractivity contribution in [2.45, 2.75) is 17.5 Å². The van der Waals surface area contributed by atoms with Crippen LogP contribution in [0.15, 0.2) is 58.8 Å². The number of alkyl halides is 3. The third-order valence-corrected chi connectivity index (χ3v) is 6.44. The number of rotatable bonds is 6.